The smallest absolute Gasteiger partial charge is 0.269 e. The van der Waals surface area contributed by atoms with Crippen molar-refractivity contribution in [3.8, 4) is 6.07 Å². The first-order valence-corrected chi connectivity index (χ1v) is 12.0. The SMILES string of the molecule is Cc1ccc(NC(=O)/C(C#N)=C2\SC(Cc3ccccc3Cl)C(=O)N2c2ccc(Cl)cc2)cc1. The molecule has 170 valence electrons. The van der Waals surface area contributed by atoms with Gasteiger partial charge in [-0.1, -0.05) is 70.9 Å². The summed E-state index contributed by atoms with van der Waals surface area (Å²) in [6.45, 7) is 1.94. The first-order valence-electron chi connectivity index (χ1n) is 10.4. The number of hydrogen-bond acceptors (Lipinski definition) is 4. The average molecular weight is 508 g/mol. The van der Waals surface area contributed by atoms with Crippen LogP contribution < -0.4 is 10.2 Å². The molecule has 1 aliphatic rings. The monoisotopic (exact) mass is 507 g/mol. The molecule has 4 rings (SSSR count). The zero-order valence-electron chi connectivity index (χ0n) is 18.1. The van der Waals surface area contributed by atoms with E-state index in [4.69, 9.17) is 23.2 Å². The van der Waals surface area contributed by atoms with Crippen LogP contribution in [0.3, 0.4) is 0 Å². The van der Waals surface area contributed by atoms with E-state index in [9.17, 15) is 14.9 Å². The van der Waals surface area contributed by atoms with E-state index in [-0.39, 0.29) is 16.5 Å². The predicted molar refractivity (Wildman–Crippen MR) is 138 cm³/mol. The van der Waals surface area contributed by atoms with Crippen molar-refractivity contribution in [2.75, 3.05) is 10.2 Å². The fourth-order valence-electron chi connectivity index (χ4n) is 3.51. The summed E-state index contributed by atoms with van der Waals surface area (Å²) >= 11 is 13.5. The van der Waals surface area contributed by atoms with Gasteiger partial charge in [0, 0.05) is 21.4 Å². The highest BCUT2D eigenvalue weighted by Crippen LogP contribution is 2.42. The standard InChI is InChI=1S/C26H19Cl2N3O2S/c1-16-6-10-19(11-7-16)30-24(32)21(15-29)26-31(20-12-8-18(27)9-13-20)25(33)23(34-26)14-17-4-2-3-5-22(17)28/h2-13,23H,14H2,1H3,(H,30,32)/b26-21-. The lowest BCUT2D eigenvalue weighted by Crippen LogP contribution is -2.31. The number of nitrogens with one attached hydrogen (secondary N) is 1. The lowest BCUT2D eigenvalue weighted by Gasteiger charge is -2.19. The minimum Gasteiger partial charge on any atom is -0.321 e. The molecular weight excluding hydrogens is 489 g/mol. The van der Waals surface area contributed by atoms with Crippen molar-refractivity contribution in [2.45, 2.75) is 18.6 Å². The Bertz CT molecular complexity index is 1320. The summed E-state index contributed by atoms with van der Waals surface area (Å²) in [5.41, 5.74) is 2.80. The Morgan fingerprint density at radius 3 is 2.38 bits per heavy atom. The third-order valence-electron chi connectivity index (χ3n) is 5.26. The first kappa shape index (κ1) is 23.9. The van der Waals surface area contributed by atoms with Gasteiger partial charge in [0.25, 0.3) is 5.91 Å². The molecule has 3 aromatic carbocycles. The maximum absolute atomic E-state index is 13.5. The van der Waals surface area contributed by atoms with Gasteiger partial charge in [0.2, 0.25) is 5.91 Å². The van der Waals surface area contributed by atoms with Gasteiger partial charge in [-0.05, 0) is 61.4 Å². The molecule has 2 amide bonds. The van der Waals surface area contributed by atoms with Crippen molar-refractivity contribution in [3.05, 3.63) is 105 Å². The number of halogens is 2. The van der Waals surface area contributed by atoms with E-state index in [1.807, 2.05) is 43.3 Å². The Labute approximate surface area is 212 Å². The lowest BCUT2D eigenvalue weighted by atomic mass is 10.1. The van der Waals surface area contributed by atoms with Crippen LogP contribution in [0.4, 0.5) is 11.4 Å². The van der Waals surface area contributed by atoms with Crippen LogP contribution in [0.2, 0.25) is 10.0 Å². The van der Waals surface area contributed by atoms with Crippen LogP contribution in [-0.4, -0.2) is 17.1 Å². The molecule has 1 N–H and O–H groups in total. The molecule has 8 heteroatoms. The van der Waals surface area contributed by atoms with E-state index < -0.39 is 11.2 Å². The van der Waals surface area contributed by atoms with E-state index in [1.165, 1.54) is 16.7 Å². The molecule has 1 aliphatic heterocycles. The highest BCUT2D eigenvalue weighted by Gasteiger charge is 2.41. The summed E-state index contributed by atoms with van der Waals surface area (Å²) in [5, 5.41) is 13.5. The van der Waals surface area contributed by atoms with Crippen molar-refractivity contribution in [1.29, 1.82) is 5.26 Å². The van der Waals surface area contributed by atoms with Crippen molar-refractivity contribution < 1.29 is 9.59 Å². The molecule has 1 atom stereocenters. The van der Waals surface area contributed by atoms with Gasteiger partial charge in [0.1, 0.15) is 16.7 Å². The van der Waals surface area contributed by atoms with Crippen LogP contribution >= 0.6 is 35.0 Å². The topological polar surface area (TPSA) is 73.2 Å². The molecule has 3 aromatic rings. The zero-order valence-corrected chi connectivity index (χ0v) is 20.4. The van der Waals surface area contributed by atoms with E-state index in [2.05, 4.69) is 5.32 Å². The molecule has 0 aliphatic carbocycles. The molecule has 1 unspecified atom stereocenters. The number of nitriles is 1. The fourth-order valence-corrected chi connectivity index (χ4v) is 5.14. The molecule has 1 saturated heterocycles. The van der Waals surface area contributed by atoms with Crippen LogP contribution in [0.5, 0.6) is 0 Å². The van der Waals surface area contributed by atoms with Crippen molar-refractivity contribution >= 4 is 58.2 Å². The number of nitrogens with zero attached hydrogens (tertiary/aromatic N) is 2. The van der Waals surface area contributed by atoms with Gasteiger partial charge in [0.15, 0.2) is 0 Å². The van der Waals surface area contributed by atoms with Gasteiger partial charge in [-0.15, -0.1) is 0 Å². The van der Waals surface area contributed by atoms with Gasteiger partial charge in [-0.2, -0.15) is 5.26 Å². The zero-order chi connectivity index (χ0) is 24.2. The number of benzene rings is 3. The van der Waals surface area contributed by atoms with Crippen molar-refractivity contribution in [1.82, 2.24) is 0 Å². The Kier molecular flexibility index (Phi) is 7.28. The van der Waals surface area contributed by atoms with Crippen LogP contribution in [-0.2, 0) is 16.0 Å². The minimum absolute atomic E-state index is 0.143. The molecule has 0 spiro atoms. The third kappa shape index (κ3) is 5.13. The predicted octanol–water partition coefficient (Wildman–Crippen LogP) is 6.37. The van der Waals surface area contributed by atoms with Gasteiger partial charge < -0.3 is 5.32 Å². The molecule has 0 bridgehead atoms. The molecule has 0 aromatic heterocycles. The molecule has 1 heterocycles. The summed E-state index contributed by atoms with van der Waals surface area (Å²) in [5.74, 6) is -0.822. The summed E-state index contributed by atoms with van der Waals surface area (Å²) in [7, 11) is 0. The Morgan fingerprint density at radius 1 is 1.06 bits per heavy atom. The number of carbonyl (C=O) groups excluding carboxylic acids is 2. The second-order valence-corrected chi connectivity index (χ2v) is 9.70. The highest BCUT2D eigenvalue weighted by atomic mass is 35.5. The number of thioether (sulfide) groups is 1. The fraction of sp³-hybridized carbons (Fsp3) is 0.115. The Morgan fingerprint density at radius 2 is 1.74 bits per heavy atom. The molecular formula is C26H19Cl2N3O2S. The van der Waals surface area contributed by atoms with Crippen molar-refractivity contribution in [2.24, 2.45) is 0 Å². The Hall–Kier alpha value is -3.24. The second kappa shape index (κ2) is 10.4. The number of hydrogen-bond donors (Lipinski definition) is 1. The number of rotatable bonds is 5. The van der Waals surface area contributed by atoms with Gasteiger partial charge >= 0.3 is 0 Å². The van der Waals surface area contributed by atoms with Gasteiger partial charge in [0.05, 0.1) is 5.25 Å². The molecule has 0 saturated carbocycles. The quantitative estimate of drug-likeness (QED) is 0.321. The highest BCUT2D eigenvalue weighted by molar-refractivity contribution is 8.05. The normalized spacial score (nSPS) is 16.8. The van der Waals surface area contributed by atoms with E-state index in [1.54, 1.807) is 42.5 Å². The maximum atomic E-state index is 13.5. The lowest BCUT2D eigenvalue weighted by molar-refractivity contribution is -0.117. The summed E-state index contributed by atoms with van der Waals surface area (Å²) < 4.78 is 0. The summed E-state index contributed by atoms with van der Waals surface area (Å²) in [4.78, 5) is 28.0. The van der Waals surface area contributed by atoms with Gasteiger partial charge in [-0.25, -0.2) is 0 Å². The average Bonchev–Trinajstić information content (AvgIpc) is 3.13. The van der Waals surface area contributed by atoms with Crippen LogP contribution in [0.1, 0.15) is 11.1 Å². The molecule has 34 heavy (non-hydrogen) atoms. The van der Waals surface area contributed by atoms with Crippen LogP contribution in [0, 0.1) is 18.3 Å². The number of amides is 2. The summed E-state index contributed by atoms with van der Waals surface area (Å²) in [6, 6.07) is 23.3. The number of anilines is 2. The van der Waals surface area contributed by atoms with Gasteiger partial charge in [-0.3, -0.25) is 14.5 Å². The third-order valence-corrected chi connectivity index (χ3v) is 7.15. The number of aryl methyl sites for hydroxylation is 1. The largest absolute Gasteiger partial charge is 0.321 e. The van der Waals surface area contributed by atoms with E-state index in [0.29, 0.717) is 27.8 Å². The summed E-state index contributed by atoms with van der Waals surface area (Å²) in [6.07, 6.45) is 0.356. The second-order valence-electron chi connectivity index (χ2n) is 7.66. The first-order chi connectivity index (χ1) is 16.4. The van der Waals surface area contributed by atoms with E-state index in [0.717, 1.165) is 11.1 Å². The Balaban J connectivity index is 1.73. The van der Waals surface area contributed by atoms with Crippen LogP contribution in [0.25, 0.3) is 0 Å². The minimum atomic E-state index is -0.584. The molecule has 1 fully saturated rings. The number of carbonyl (C=O) groups is 2. The van der Waals surface area contributed by atoms with Crippen molar-refractivity contribution in [3.63, 3.8) is 0 Å². The van der Waals surface area contributed by atoms with Crippen LogP contribution in [0.15, 0.2) is 83.4 Å². The molecule has 0 radical (unpaired) electrons. The van der Waals surface area contributed by atoms with E-state index >= 15 is 0 Å². The molecule has 5 nitrogen and oxygen atoms in total. The maximum Gasteiger partial charge on any atom is 0.269 e.